The number of rotatable bonds is 2. The first kappa shape index (κ1) is 14.6. The van der Waals surface area contributed by atoms with Crippen LogP contribution in [0.4, 0.5) is 0 Å². The third kappa shape index (κ3) is 3.10. The van der Waals surface area contributed by atoms with Gasteiger partial charge in [-0.05, 0) is 6.07 Å². The molecule has 0 unspecified atom stereocenters. The molecule has 1 aliphatic carbocycles. The van der Waals surface area contributed by atoms with Gasteiger partial charge in [0, 0.05) is 18.8 Å². The molecule has 1 fully saturated rings. The SMILES string of the molecule is C1CCCC1.COc1nc(-c2cnn(C)c2)cn2nccc12. The highest BCUT2D eigenvalue weighted by atomic mass is 16.5. The van der Waals surface area contributed by atoms with Crippen molar-refractivity contribution >= 4 is 5.52 Å². The van der Waals surface area contributed by atoms with Gasteiger partial charge < -0.3 is 4.74 Å². The number of hydrogen-bond donors (Lipinski definition) is 0. The van der Waals surface area contributed by atoms with Gasteiger partial charge in [0.25, 0.3) is 0 Å². The Morgan fingerprint density at radius 2 is 1.77 bits per heavy atom. The van der Waals surface area contributed by atoms with Gasteiger partial charge in [-0.1, -0.05) is 32.1 Å². The number of hydrogen-bond acceptors (Lipinski definition) is 4. The molecule has 1 aliphatic rings. The van der Waals surface area contributed by atoms with Crippen LogP contribution in [0.1, 0.15) is 32.1 Å². The minimum Gasteiger partial charge on any atom is -0.479 e. The van der Waals surface area contributed by atoms with Gasteiger partial charge >= 0.3 is 0 Å². The normalized spacial score (nSPS) is 13.9. The summed E-state index contributed by atoms with van der Waals surface area (Å²) in [5.41, 5.74) is 2.56. The van der Waals surface area contributed by atoms with Crippen molar-refractivity contribution in [3.8, 4) is 17.1 Å². The Kier molecular flexibility index (Phi) is 4.37. The molecule has 0 radical (unpaired) electrons. The smallest absolute Gasteiger partial charge is 0.240 e. The van der Waals surface area contributed by atoms with Crippen LogP contribution in [0, 0.1) is 0 Å². The predicted octanol–water partition coefficient (Wildman–Crippen LogP) is 3.09. The molecule has 3 aromatic rings. The minimum absolute atomic E-state index is 0.559. The average Bonchev–Trinajstić information content (AvgIpc) is 3.28. The van der Waals surface area contributed by atoms with Crippen molar-refractivity contribution in [1.82, 2.24) is 24.4 Å². The van der Waals surface area contributed by atoms with Crippen LogP contribution in [0.15, 0.2) is 30.9 Å². The average molecular weight is 299 g/mol. The van der Waals surface area contributed by atoms with Gasteiger partial charge in [-0.25, -0.2) is 9.50 Å². The van der Waals surface area contributed by atoms with Gasteiger partial charge in [0.1, 0.15) is 5.52 Å². The van der Waals surface area contributed by atoms with E-state index in [1.54, 1.807) is 28.7 Å². The monoisotopic (exact) mass is 299 g/mol. The van der Waals surface area contributed by atoms with E-state index < -0.39 is 0 Å². The van der Waals surface area contributed by atoms with Gasteiger partial charge in [0.2, 0.25) is 5.88 Å². The first-order valence-electron chi connectivity index (χ1n) is 7.65. The first-order valence-corrected chi connectivity index (χ1v) is 7.65. The second-order valence-corrected chi connectivity index (χ2v) is 5.47. The van der Waals surface area contributed by atoms with E-state index in [0.29, 0.717) is 5.88 Å². The molecular weight excluding hydrogens is 278 g/mol. The number of nitrogens with zero attached hydrogens (tertiary/aromatic N) is 5. The summed E-state index contributed by atoms with van der Waals surface area (Å²) >= 11 is 0. The summed E-state index contributed by atoms with van der Waals surface area (Å²) < 4.78 is 8.73. The number of aryl methyl sites for hydroxylation is 1. The molecular formula is C16H21N5O. The van der Waals surface area contributed by atoms with Crippen molar-refractivity contribution in [2.75, 3.05) is 7.11 Å². The molecule has 0 amide bonds. The molecule has 0 aliphatic heterocycles. The summed E-state index contributed by atoms with van der Waals surface area (Å²) in [6, 6.07) is 1.86. The summed E-state index contributed by atoms with van der Waals surface area (Å²) in [7, 11) is 3.47. The zero-order valence-electron chi connectivity index (χ0n) is 13.1. The highest BCUT2D eigenvalue weighted by Crippen LogP contribution is 2.22. The Bertz CT molecular complexity index is 734. The predicted molar refractivity (Wildman–Crippen MR) is 84.8 cm³/mol. The maximum Gasteiger partial charge on any atom is 0.240 e. The number of aromatic nitrogens is 5. The van der Waals surface area contributed by atoms with Crippen LogP contribution in [0.25, 0.3) is 16.8 Å². The van der Waals surface area contributed by atoms with E-state index in [2.05, 4.69) is 15.2 Å². The van der Waals surface area contributed by atoms with E-state index in [-0.39, 0.29) is 0 Å². The van der Waals surface area contributed by atoms with Crippen LogP contribution in [-0.2, 0) is 7.05 Å². The maximum atomic E-state index is 5.26. The summed E-state index contributed by atoms with van der Waals surface area (Å²) in [4.78, 5) is 4.44. The van der Waals surface area contributed by atoms with E-state index in [4.69, 9.17) is 4.74 Å². The lowest BCUT2D eigenvalue weighted by molar-refractivity contribution is 0.401. The quantitative estimate of drug-likeness (QED) is 0.729. The van der Waals surface area contributed by atoms with Crippen LogP contribution in [0.2, 0.25) is 0 Å². The van der Waals surface area contributed by atoms with E-state index in [0.717, 1.165) is 16.8 Å². The maximum absolute atomic E-state index is 5.26. The summed E-state index contributed by atoms with van der Waals surface area (Å²) in [6.07, 6.45) is 14.7. The van der Waals surface area contributed by atoms with E-state index >= 15 is 0 Å². The van der Waals surface area contributed by atoms with Crippen molar-refractivity contribution < 1.29 is 4.74 Å². The first-order chi connectivity index (χ1) is 10.8. The van der Waals surface area contributed by atoms with Crippen LogP contribution < -0.4 is 4.74 Å². The third-order valence-electron chi connectivity index (χ3n) is 3.80. The number of methoxy groups -OCH3 is 1. The molecule has 3 heterocycles. The molecule has 116 valence electrons. The van der Waals surface area contributed by atoms with Gasteiger partial charge in [-0.3, -0.25) is 4.68 Å². The second-order valence-electron chi connectivity index (χ2n) is 5.47. The molecule has 3 aromatic heterocycles. The lowest BCUT2D eigenvalue weighted by atomic mass is 10.3. The number of fused-ring (bicyclic) bond motifs is 1. The molecule has 4 rings (SSSR count). The lowest BCUT2D eigenvalue weighted by Crippen LogP contribution is -1.97. The summed E-state index contributed by atoms with van der Waals surface area (Å²) in [5.74, 6) is 0.559. The Morgan fingerprint density at radius 1 is 1.05 bits per heavy atom. The molecule has 6 heteroatoms. The molecule has 0 atom stereocenters. The fourth-order valence-corrected chi connectivity index (χ4v) is 2.62. The Hall–Kier alpha value is -2.37. The van der Waals surface area contributed by atoms with Crippen molar-refractivity contribution in [1.29, 1.82) is 0 Å². The highest BCUT2D eigenvalue weighted by molar-refractivity contribution is 5.63. The fraction of sp³-hybridized carbons (Fsp3) is 0.438. The van der Waals surface area contributed by atoms with Crippen molar-refractivity contribution in [2.45, 2.75) is 32.1 Å². The molecule has 0 saturated heterocycles. The minimum atomic E-state index is 0.559. The van der Waals surface area contributed by atoms with Gasteiger partial charge in [0.15, 0.2) is 0 Å². The van der Waals surface area contributed by atoms with Crippen LogP contribution in [-0.4, -0.2) is 31.5 Å². The summed E-state index contributed by atoms with van der Waals surface area (Å²) in [6.45, 7) is 0. The van der Waals surface area contributed by atoms with E-state index in [1.807, 2.05) is 25.5 Å². The Labute approximate surface area is 129 Å². The molecule has 22 heavy (non-hydrogen) atoms. The zero-order valence-corrected chi connectivity index (χ0v) is 13.1. The molecule has 6 nitrogen and oxygen atoms in total. The van der Waals surface area contributed by atoms with E-state index in [1.165, 1.54) is 32.1 Å². The zero-order chi connectivity index (χ0) is 15.4. The van der Waals surface area contributed by atoms with Gasteiger partial charge in [-0.2, -0.15) is 10.2 Å². The molecule has 0 N–H and O–H groups in total. The van der Waals surface area contributed by atoms with Crippen LogP contribution in [0.5, 0.6) is 5.88 Å². The van der Waals surface area contributed by atoms with Crippen molar-refractivity contribution in [3.63, 3.8) is 0 Å². The van der Waals surface area contributed by atoms with Crippen LogP contribution in [0.3, 0.4) is 0 Å². The van der Waals surface area contributed by atoms with E-state index in [9.17, 15) is 0 Å². The highest BCUT2D eigenvalue weighted by Gasteiger charge is 2.09. The summed E-state index contributed by atoms with van der Waals surface area (Å²) in [5, 5.41) is 8.31. The Morgan fingerprint density at radius 3 is 2.36 bits per heavy atom. The Balaban J connectivity index is 0.000000246. The molecule has 0 bridgehead atoms. The second kappa shape index (κ2) is 6.60. The molecule has 0 aromatic carbocycles. The molecule has 1 saturated carbocycles. The van der Waals surface area contributed by atoms with Crippen LogP contribution >= 0.6 is 0 Å². The standard InChI is InChI=1S/C11H11N5O.C5H10/c1-15-6-8(5-13-15)9-7-16-10(3-4-12-16)11(14-9)17-2;1-2-4-5-3-1/h3-7H,1-2H3;1-5H2. The third-order valence-corrected chi connectivity index (χ3v) is 3.80. The topological polar surface area (TPSA) is 57.2 Å². The fourth-order valence-electron chi connectivity index (χ4n) is 2.62. The molecule has 0 spiro atoms. The van der Waals surface area contributed by atoms with Crippen molar-refractivity contribution in [3.05, 3.63) is 30.9 Å². The van der Waals surface area contributed by atoms with Gasteiger partial charge in [0.05, 0.1) is 31.4 Å². The largest absolute Gasteiger partial charge is 0.479 e. The van der Waals surface area contributed by atoms with Gasteiger partial charge in [-0.15, -0.1) is 0 Å². The lowest BCUT2D eigenvalue weighted by Gasteiger charge is -2.04. The van der Waals surface area contributed by atoms with Crippen molar-refractivity contribution in [2.24, 2.45) is 7.05 Å². The number of ether oxygens (including phenoxy) is 1.